The number of hydrogen-bond acceptors (Lipinski definition) is 6. The summed E-state index contributed by atoms with van der Waals surface area (Å²) in [5.41, 5.74) is 2.92. The van der Waals surface area contributed by atoms with Gasteiger partial charge in [-0.2, -0.15) is 0 Å². The average Bonchev–Trinajstić information content (AvgIpc) is 3.28. The number of hydrogen-bond donors (Lipinski definition) is 1. The summed E-state index contributed by atoms with van der Waals surface area (Å²) in [5.74, 6) is 0.345. The Morgan fingerprint density at radius 3 is 2.56 bits per heavy atom. The van der Waals surface area contributed by atoms with Crippen LogP contribution >= 0.6 is 0 Å². The summed E-state index contributed by atoms with van der Waals surface area (Å²) in [6.45, 7) is 2.61. The predicted octanol–water partition coefficient (Wildman–Crippen LogP) is 3.96. The molecule has 0 aliphatic carbocycles. The highest BCUT2D eigenvalue weighted by atomic mass is 19.4. The zero-order chi connectivity index (χ0) is 23.7. The molecular weight excluding hydrogens is 453 g/mol. The molecule has 8 nitrogen and oxygen atoms in total. The van der Waals surface area contributed by atoms with Crippen molar-refractivity contribution < 1.29 is 32.2 Å². The SMILES string of the molecule is O=C(c1ccc(OC(F)(F)F)cc1)N1CCC(c2ccnc3nc([C@@H]4COCCO4)[nH]c23)CC1. The van der Waals surface area contributed by atoms with Gasteiger partial charge >= 0.3 is 6.36 Å². The van der Waals surface area contributed by atoms with Gasteiger partial charge in [0.25, 0.3) is 5.91 Å². The third-order valence-electron chi connectivity index (χ3n) is 6.12. The summed E-state index contributed by atoms with van der Waals surface area (Å²) >= 11 is 0. The van der Waals surface area contributed by atoms with Crippen molar-refractivity contribution in [3.05, 3.63) is 53.5 Å². The fourth-order valence-corrected chi connectivity index (χ4v) is 4.46. The molecule has 0 spiro atoms. The van der Waals surface area contributed by atoms with Gasteiger partial charge in [-0.15, -0.1) is 13.2 Å². The summed E-state index contributed by atoms with van der Waals surface area (Å²) in [4.78, 5) is 26.9. The van der Waals surface area contributed by atoms with Gasteiger partial charge in [0.15, 0.2) is 5.65 Å². The zero-order valence-corrected chi connectivity index (χ0v) is 18.2. The van der Waals surface area contributed by atoms with Crippen LogP contribution in [0.3, 0.4) is 0 Å². The molecule has 180 valence electrons. The lowest BCUT2D eigenvalue weighted by Crippen LogP contribution is -2.38. The maximum absolute atomic E-state index is 12.8. The van der Waals surface area contributed by atoms with Crippen LogP contribution in [0.1, 0.15) is 46.6 Å². The fraction of sp³-hybridized carbons (Fsp3) is 0.435. The first-order chi connectivity index (χ1) is 16.4. The Morgan fingerprint density at radius 2 is 1.88 bits per heavy atom. The number of H-pyrrole nitrogens is 1. The number of halogens is 3. The molecule has 34 heavy (non-hydrogen) atoms. The lowest BCUT2D eigenvalue weighted by molar-refractivity contribution is -0.274. The van der Waals surface area contributed by atoms with Gasteiger partial charge in [-0.1, -0.05) is 0 Å². The van der Waals surface area contributed by atoms with Crippen LogP contribution in [0.4, 0.5) is 13.2 Å². The van der Waals surface area contributed by atoms with E-state index in [-0.39, 0.29) is 23.7 Å². The van der Waals surface area contributed by atoms with Crippen molar-refractivity contribution >= 4 is 17.1 Å². The van der Waals surface area contributed by atoms with E-state index in [9.17, 15) is 18.0 Å². The maximum atomic E-state index is 12.8. The third-order valence-corrected chi connectivity index (χ3v) is 6.12. The maximum Gasteiger partial charge on any atom is 0.573 e. The van der Waals surface area contributed by atoms with E-state index in [1.54, 1.807) is 11.1 Å². The van der Waals surface area contributed by atoms with Crippen molar-refractivity contribution in [2.75, 3.05) is 32.9 Å². The summed E-state index contributed by atoms with van der Waals surface area (Å²) < 4.78 is 52.1. The van der Waals surface area contributed by atoms with Crippen LogP contribution in [0, 0.1) is 0 Å². The second-order valence-electron chi connectivity index (χ2n) is 8.29. The first kappa shape index (κ1) is 22.6. The predicted molar refractivity (Wildman–Crippen MR) is 114 cm³/mol. The topological polar surface area (TPSA) is 89.6 Å². The molecule has 2 saturated heterocycles. The van der Waals surface area contributed by atoms with E-state index < -0.39 is 6.36 Å². The van der Waals surface area contributed by atoms with E-state index in [0.717, 1.165) is 36.1 Å². The summed E-state index contributed by atoms with van der Waals surface area (Å²) in [6.07, 6.45) is -1.78. The van der Waals surface area contributed by atoms with Crippen LogP contribution in [-0.2, 0) is 9.47 Å². The van der Waals surface area contributed by atoms with Gasteiger partial charge in [-0.25, -0.2) is 9.97 Å². The molecular formula is C23H23F3N4O4. The van der Waals surface area contributed by atoms with E-state index in [2.05, 4.69) is 19.7 Å². The van der Waals surface area contributed by atoms with Crippen molar-refractivity contribution in [1.29, 1.82) is 0 Å². The molecule has 0 bridgehead atoms. The Hall–Kier alpha value is -3.18. The molecule has 11 heteroatoms. The van der Waals surface area contributed by atoms with Gasteiger partial charge in [0.2, 0.25) is 0 Å². The fourth-order valence-electron chi connectivity index (χ4n) is 4.46. The molecule has 0 unspecified atom stereocenters. The summed E-state index contributed by atoms with van der Waals surface area (Å²) in [7, 11) is 0. The second kappa shape index (κ2) is 9.22. The minimum atomic E-state index is -4.77. The van der Waals surface area contributed by atoms with E-state index in [1.807, 2.05) is 6.07 Å². The number of fused-ring (bicyclic) bond motifs is 1. The Labute approximate surface area is 193 Å². The number of piperidine rings is 1. The number of nitrogens with zero attached hydrogens (tertiary/aromatic N) is 3. The molecule has 1 amide bonds. The number of imidazole rings is 1. The number of rotatable bonds is 4. The molecule has 0 saturated carbocycles. The lowest BCUT2D eigenvalue weighted by Gasteiger charge is -2.32. The summed E-state index contributed by atoms with van der Waals surface area (Å²) in [6, 6.07) is 6.98. The number of carbonyl (C=O) groups excluding carboxylic acids is 1. The highest BCUT2D eigenvalue weighted by Crippen LogP contribution is 2.33. The number of alkyl halides is 3. The van der Waals surface area contributed by atoms with Crippen molar-refractivity contribution in [2.24, 2.45) is 0 Å². The number of ether oxygens (including phenoxy) is 3. The Balaban J connectivity index is 1.25. The quantitative estimate of drug-likeness (QED) is 0.613. The minimum Gasteiger partial charge on any atom is -0.406 e. The standard InChI is InChI=1S/C23H23F3N4O4/c24-23(25,26)34-16-3-1-15(2-4-16)22(31)30-9-6-14(7-10-30)17-5-8-27-21-19(17)28-20(29-21)18-13-32-11-12-33-18/h1-5,8,14,18H,6-7,9-13H2,(H,27,28,29)/t18-/m0/s1. The van der Waals surface area contributed by atoms with Gasteiger partial charge in [-0.3, -0.25) is 4.79 Å². The van der Waals surface area contributed by atoms with Crippen LogP contribution in [0.15, 0.2) is 36.5 Å². The van der Waals surface area contributed by atoms with Crippen molar-refractivity contribution in [3.8, 4) is 5.75 Å². The van der Waals surface area contributed by atoms with E-state index in [1.165, 1.54) is 12.1 Å². The molecule has 2 aromatic heterocycles. The van der Waals surface area contributed by atoms with Crippen LogP contribution in [0.25, 0.3) is 11.2 Å². The number of likely N-dealkylation sites (tertiary alicyclic amines) is 1. The van der Waals surface area contributed by atoms with Gasteiger partial charge < -0.3 is 24.1 Å². The van der Waals surface area contributed by atoms with Crippen molar-refractivity contribution in [3.63, 3.8) is 0 Å². The zero-order valence-electron chi connectivity index (χ0n) is 18.2. The lowest BCUT2D eigenvalue weighted by atomic mass is 9.89. The first-order valence-electron chi connectivity index (χ1n) is 11.1. The largest absolute Gasteiger partial charge is 0.573 e. The van der Waals surface area contributed by atoms with Gasteiger partial charge in [0.05, 0.1) is 25.3 Å². The van der Waals surface area contributed by atoms with Gasteiger partial charge in [-0.05, 0) is 54.7 Å². The first-order valence-corrected chi connectivity index (χ1v) is 11.1. The van der Waals surface area contributed by atoms with Crippen LogP contribution in [0.5, 0.6) is 5.75 Å². The summed E-state index contributed by atoms with van der Waals surface area (Å²) in [5, 5.41) is 0. The Morgan fingerprint density at radius 1 is 1.12 bits per heavy atom. The highest BCUT2D eigenvalue weighted by Gasteiger charge is 2.31. The number of aromatic nitrogens is 3. The van der Waals surface area contributed by atoms with E-state index in [0.29, 0.717) is 49.9 Å². The number of amides is 1. The number of carbonyl (C=O) groups is 1. The van der Waals surface area contributed by atoms with Crippen molar-refractivity contribution in [2.45, 2.75) is 31.2 Å². The van der Waals surface area contributed by atoms with Gasteiger partial charge in [0.1, 0.15) is 17.7 Å². The normalized spacial score (nSPS) is 20.0. The molecule has 2 aliphatic rings. The van der Waals surface area contributed by atoms with E-state index >= 15 is 0 Å². The molecule has 5 rings (SSSR count). The molecule has 1 aromatic carbocycles. The van der Waals surface area contributed by atoms with Gasteiger partial charge in [0, 0.05) is 24.8 Å². The molecule has 3 aromatic rings. The molecule has 0 radical (unpaired) electrons. The Bertz CT molecular complexity index is 1150. The molecule has 2 fully saturated rings. The van der Waals surface area contributed by atoms with Crippen LogP contribution in [-0.4, -0.2) is 65.0 Å². The highest BCUT2D eigenvalue weighted by molar-refractivity contribution is 5.94. The number of nitrogens with one attached hydrogen (secondary N) is 1. The minimum absolute atomic E-state index is 0.213. The smallest absolute Gasteiger partial charge is 0.406 e. The molecule has 1 atom stereocenters. The molecule has 4 heterocycles. The number of benzene rings is 1. The van der Waals surface area contributed by atoms with Crippen molar-refractivity contribution in [1.82, 2.24) is 19.9 Å². The number of aromatic amines is 1. The molecule has 1 N–H and O–H groups in total. The monoisotopic (exact) mass is 476 g/mol. The van der Waals surface area contributed by atoms with Crippen LogP contribution < -0.4 is 4.74 Å². The van der Waals surface area contributed by atoms with E-state index in [4.69, 9.17) is 9.47 Å². The van der Waals surface area contributed by atoms with Crippen LogP contribution in [0.2, 0.25) is 0 Å². The number of pyridine rings is 1. The molecule has 2 aliphatic heterocycles. The Kier molecular flexibility index (Phi) is 6.13. The average molecular weight is 476 g/mol. The third kappa shape index (κ3) is 4.85. The second-order valence-corrected chi connectivity index (χ2v) is 8.29.